The van der Waals surface area contributed by atoms with Crippen molar-refractivity contribution in [3.8, 4) is 0 Å². The van der Waals surface area contributed by atoms with Gasteiger partial charge in [-0.25, -0.2) is 0 Å². The summed E-state index contributed by atoms with van der Waals surface area (Å²) in [5.74, 6) is 0.107. The fraction of sp³-hybridized carbons (Fsp3) is 0.538. The Balaban J connectivity index is 0.00000147. The van der Waals surface area contributed by atoms with Crippen LogP contribution in [0, 0.1) is 6.92 Å². The number of nitrogens with zero attached hydrogens (tertiary/aromatic N) is 3. The minimum atomic E-state index is 0. The van der Waals surface area contributed by atoms with Crippen molar-refractivity contribution in [1.82, 2.24) is 14.7 Å². The molecule has 0 aliphatic carbocycles. The molecule has 1 saturated heterocycles. The van der Waals surface area contributed by atoms with E-state index in [0.29, 0.717) is 6.54 Å². The number of hydrogen-bond donors (Lipinski definition) is 1. The average molecular weight is 315 g/mol. The zero-order valence-corrected chi connectivity index (χ0v) is 13.3. The molecule has 1 aliphatic heterocycles. The number of aromatic nitrogens is 2. The van der Waals surface area contributed by atoms with Gasteiger partial charge in [0.25, 0.3) is 5.91 Å². The van der Waals surface area contributed by atoms with Gasteiger partial charge in [0.1, 0.15) is 4.83 Å². The molecule has 20 heavy (non-hydrogen) atoms. The highest BCUT2D eigenvalue weighted by atomic mass is 35.5. The number of fused-ring (bicyclic) bond motifs is 1. The van der Waals surface area contributed by atoms with Crippen molar-refractivity contribution in [3.05, 3.63) is 16.6 Å². The van der Waals surface area contributed by atoms with Crippen molar-refractivity contribution >= 4 is 39.9 Å². The summed E-state index contributed by atoms with van der Waals surface area (Å²) in [6.07, 6.45) is 2.01. The second-order valence-electron chi connectivity index (χ2n) is 5.19. The van der Waals surface area contributed by atoms with Crippen LogP contribution < -0.4 is 5.73 Å². The van der Waals surface area contributed by atoms with Crippen LogP contribution in [0.4, 0.5) is 0 Å². The van der Waals surface area contributed by atoms with E-state index in [0.717, 1.165) is 40.2 Å². The molecular weight excluding hydrogens is 296 g/mol. The van der Waals surface area contributed by atoms with Gasteiger partial charge in [0.2, 0.25) is 0 Å². The smallest absolute Gasteiger partial charge is 0.264 e. The number of likely N-dealkylation sites (tertiary alicyclic amines) is 1. The van der Waals surface area contributed by atoms with Gasteiger partial charge >= 0.3 is 0 Å². The van der Waals surface area contributed by atoms with Gasteiger partial charge in [-0.1, -0.05) is 0 Å². The van der Waals surface area contributed by atoms with Crippen LogP contribution in [0.15, 0.2) is 6.07 Å². The van der Waals surface area contributed by atoms with Crippen molar-refractivity contribution in [2.45, 2.75) is 25.8 Å². The fourth-order valence-corrected chi connectivity index (χ4v) is 3.75. The number of piperidine rings is 1. The highest BCUT2D eigenvalue weighted by molar-refractivity contribution is 7.20. The predicted molar refractivity (Wildman–Crippen MR) is 83.7 cm³/mol. The first-order valence-electron chi connectivity index (χ1n) is 6.54. The lowest BCUT2D eigenvalue weighted by Crippen LogP contribution is -2.45. The van der Waals surface area contributed by atoms with Crippen LogP contribution in [0.25, 0.3) is 10.2 Å². The molecule has 2 N–H and O–H groups in total. The molecule has 5 nitrogen and oxygen atoms in total. The molecule has 1 aliphatic rings. The predicted octanol–water partition coefficient (Wildman–Crippen LogP) is 1.93. The van der Waals surface area contributed by atoms with Gasteiger partial charge in [0.15, 0.2) is 0 Å². The molecule has 110 valence electrons. The first kappa shape index (κ1) is 15.3. The SMILES string of the molecule is Cc1nn(C)c2sc(C(=O)N3CCCC(N)C3)cc12.Cl. The van der Waals surface area contributed by atoms with Gasteiger partial charge < -0.3 is 10.6 Å². The number of nitrogens with two attached hydrogens (primary N) is 1. The van der Waals surface area contributed by atoms with E-state index in [1.165, 1.54) is 11.3 Å². The quantitative estimate of drug-likeness (QED) is 0.874. The van der Waals surface area contributed by atoms with Crippen LogP contribution in [-0.2, 0) is 7.05 Å². The second kappa shape index (κ2) is 5.71. The summed E-state index contributed by atoms with van der Waals surface area (Å²) in [7, 11) is 1.91. The number of aryl methyl sites for hydroxylation is 2. The number of halogens is 1. The zero-order chi connectivity index (χ0) is 13.6. The Morgan fingerprint density at radius 3 is 2.95 bits per heavy atom. The van der Waals surface area contributed by atoms with Crippen molar-refractivity contribution in [2.75, 3.05) is 13.1 Å². The molecule has 0 aromatic carbocycles. The van der Waals surface area contributed by atoms with E-state index in [1.807, 2.05) is 29.6 Å². The summed E-state index contributed by atoms with van der Waals surface area (Å²) in [5, 5.41) is 5.44. The molecule has 7 heteroatoms. The Labute approximate surface area is 128 Å². The Kier molecular flexibility index (Phi) is 4.36. The molecule has 2 aromatic heterocycles. The van der Waals surface area contributed by atoms with Crippen molar-refractivity contribution in [1.29, 1.82) is 0 Å². The van der Waals surface area contributed by atoms with E-state index in [-0.39, 0.29) is 24.4 Å². The monoisotopic (exact) mass is 314 g/mol. The molecule has 0 spiro atoms. The maximum absolute atomic E-state index is 12.5. The number of rotatable bonds is 1. The van der Waals surface area contributed by atoms with E-state index >= 15 is 0 Å². The Hall–Kier alpha value is -1.11. The van der Waals surface area contributed by atoms with Crippen LogP contribution in [-0.4, -0.2) is 39.7 Å². The molecule has 0 saturated carbocycles. The van der Waals surface area contributed by atoms with E-state index < -0.39 is 0 Å². The lowest BCUT2D eigenvalue weighted by molar-refractivity contribution is 0.0714. The van der Waals surface area contributed by atoms with Gasteiger partial charge in [-0.15, -0.1) is 23.7 Å². The van der Waals surface area contributed by atoms with Crippen molar-refractivity contribution < 1.29 is 4.79 Å². The molecular formula is C13H19ClN4OS. The Morgan fingerprint density at radius 2 is 2.30 bits per heavy atom. The van der Waals surface area contributed by atoms with E-state index in [9.17, 15) is 4.79 Å². The molecule has 0 bridgehead atoms. The van der Waals surface area contributed by atoms with Gasteiger partial charge in [0, 0.05) is 31.6 Å². The molecule has 1 amide bonds. The third-order valence-corrected chi connectivity index (χ3v) is 4.84. The van der Waals surface area contributed by atoms with Crippen molar-refractivity contribution in [2.24, 2.45) is 12.8 Å². The van der Waals surface area contributed by atoms with Crippen LogP contribution >= 0.6 is 23.7 Å². The molecule has 3 rings (SSSR count). The number of thiophene rings is 1. The second-order valence-corrected chi connectivity index (χ2v) is 6.22. The summed E-state index contributed by atoms with van der Waals surface area (Å²) in [5.41, 5.74) is 6.91. The molecule has 1 unspecified atom stereocenters. The minimum Gasteiger partial charge on any atom is -0.336 e. The highest BCUT2D eigenvalue weighted by Crippen LogP contribution is 2.29. The maximum atomic E-state index is 12.5. The number of carbonyl (C=O) groups is 1. The van der Waals surface area contributed by atoms with Gasteiger partial charge in [0.05, 0.1) is 10.6 Å². The maximum Gasteiger partial charge on any atom is 0.264 e. The normalized spacial score (nSPS) is 19.1. The summed E-state index contributed by atoms with van der Waals surface area (Å²) in [6.45, 7) is 3.46. The molecule has 2 aromatic rings. The molecule has 1 atom stereocenters. The topological polar surface area (TPSA) is 64.2 Å². The summed E-state index contributed by atoms with van der Waals surface area (Å²) in [6, 6.07) is 2.08. The zero-order valence-electron chi connectivity index (χ0n) is 11.6. The minimum absolute atomic E-state index is 0. The summed E-state index contributed by atoms with van der Waals surface area (Å²) in [4.78, 5) is 16.2. The largest absolute Gasteiger partial charge is 0.336 e. The molecule has 3 heterocycles. The third-order valence-electron chi connectivity index (χ3n) is 3.65. The highest BCUT2D eigenvalue weighted by Gasteiger charge is 2.24. The average Bonchev–Trinajstić information content (AvgIpc) is 2.92. The van der Waals surface area contributed by atoms with Crippen LogP contribution in [0.1, 0.15) is 28.2 Å². The van der Waals surface area contributed by atoms with Gasteiger partial charge in [-0.3, -0.25) is 9.48 Å². The summed E-state index contributed by atoms with van der Waals surface area (Å²) < 4.78 is 1.84. The fourth-order valence-electron chi connectivity index (χ4n) is 2.66. The van der Waals surface area contributed by atoms with Crippen LogP contribution in [0.5, 0.6) is 0 Å². The number of hydrogen-bond acceptors (Lipinski definition) is 4. The summed E-state index contributed by atoms with van der Waals surface area (Å²) >= 11 is 1.52. The Morgan fingerprint density at radius 1 is 1.55 bits per heavy atom. The van der Waals surface area contributed by atoms with Crippen LogP contribution in [0.2, 0.25) is 0 Å². The first-order valence-corrected chi connectivity index (χ1v) is 7.36. The lowest BCUT2D eigenvalue weighted by Gasteiger charge is -2.30. The van der Waals surface area contributed by atoms with Crippen molar-refractivity contribution in [3.63, 3.8) is 0 Å². The lowest BCUT2D eigenvalue weighted by atomic mass is 10.1. The van der Waals surface area contributed by atoms with E-state index in [2.05, 4.69) is 5.10 Å². The van der Waals surface area contributed by atoms with E-state index in [1.54, 1.807) is 0 Å². The van der Waals surface area contributed by atoms with Gasteiger partial charge in [-0.2, -0.15) is 5.10 Å². The number of carbonyl (C=O) groups excluding carboxylic acids is 1. The Bertz CT molecular complexity index is 601. The standard InChI is InChI=1S/C13H18N4OS.ClH/c1-8-10-6-11(19-13(10)16(2)15-8)12(18)17-5-3-4-9(14)7-17;/h6,9H,3-5,7,14H2,1-2H3;1H. The number of amides is 1. The third kappa shape index (κ3) is 2.55. The van der Waals surface area contributed by atoms with Gasteiger partial charge in [-0.05, 0) is 25.8 Å². The molecule has 1 fully saturated rings. The molecule has 0 radical (unpaired) electrons. The first-order chi connectivity index (χ1) is 9.06. The van der Waals surface area contributed by atoms with Crippen LogP contribution in [0.3, 0.4) is 0 Å². The van der Waals surface area contributed by atoms with E-state index in [4.69, 9.17) is 5.73 Å².